The molecule has 0 radical (unpaired) electrons. The molecule has 0 aliphatic rings. The van der Waals surface area contributed by atoms with Gasteiger partial charge in [-0.2, -0.15) is 8.78 Å². The number of halogens is 2. The van der Waals surface area contributed by atoms with Crippen molar-refractivity contribution in [1.82, 2.24) is 0 Å². The van der Waals surface area contributed by atoms with Crippen molar-refractivity contribution in [3.63, 3.8) is 0 Å². The van der Waals surface area contributed by atoms with Gasteiger partial charge in [0.1, 0.15) is 5.60 Å². The van der Waals surface area contributed by atoms with Crippen molar-refractivity contribution >= 4 is 0 Å². The molecule has 0 rings (SSSR count). The van der Waals surface area contributed by atoms with Gasteiger partial charge in [-0.3, -0.25) is 0 Å². The van der Waals surface area contributed by atoms with Crippen LogP contribution in [0.5, 0.6) is 0 Å². The highest BCUT2D eigenvalue weighted by atomic mass is 19.3. The average molecular weight is 262 g/mol. The Kier molecular flexibility index (Phi) is 13.8. The highest BCUT2D eigenvalue weighted by molar-refractivity contribution is 5.31. The first-order valence-electron chi connectivity index (χ1n) is 6.33. The van der Waals surface area contributed by atoms with Crippen LogP contribution in [0.15, 0.2) is 36.5 Å². The van der Waals surface area contributed by atoms with E-state index in [2.05, 4.69) is 6.58 Å². The Bertz CT molecular complexity index is 258. The summed E-state index contributed by atoms with van der Waals surface area (Å²) in [6.45, 7) is 15.2. The minimum atomic E-state index is -3.30. The van der Waals surface area contributed by atoms with Gasteiger partial charge in [0.25, 0.3) is 0 Å². The molecule has 0 aliphatic heterocycles. The number of alkyl halides is 2. The summed E-state index contributed by atoms with van der Waals surface area (Å²) in [5.74, 6) is -3.30. The molecule has 0 aromatic rings. The third kappa shape index (κ3) is 7.38. The summed E-state index contributed by atoms with van der Waals surface area (Å²) in [5.41, 5.74) is -2.38. The van der Waals surface area contributed by atoms with E-state index in [0.29, 0.717) is 0 Å². The fourth-order valence-electron chi connectivity index (χ4n) is 0.854. The van der Waals surface area contributed by atoms with E-state index in [1.54, 1.807) is 13.0 Å². The number of allylic oxidation sites excluding steroid dienone is 4. The molecule has 0 aromatic carbocycles. The van der Waals surface area contributed by atoms with E-state index in [1.807, 2.05) is 27.7 Å². The molecule has 0 atom stereocenters. The van der Waals surface area contributed by atoms with E-state index in [4.69, 9.17) is 0 Å². The van der Waals surface area contributed by atoms with Gasteiger partial charge in [0.05, 0.1) is 0 Å². The van der Waals surface area contributed by atoms with Gasteiger partial charge < -0.3 is 5.11 Å². The maximum Gasteiger partial charge on any atom is 0.300 e. The molecule has 0 fully saturated rings. The quantitative estimate of drug-likeness (QED) is 0.696. The van der Waals surface area contributed by atoms with Gasteiger partial charge in [0.15, 0.2) is 0 Å². The van der Waals surface area contributed by atoms with E-state index in [9.17, 15) is 13.9 Å². The lowest BCUT2D eigenvalue weighted by atomic mass is 9.93. The van der Waals surface area contributed by atoms with E-state index in [0.717, 1.165) is 19.9 Å². The van der Waals surface area contributed by atoms with Crippen molar-refractivity contribution in [2.75, 3.05) is 0 Å². The van der Waals surface area contributed by atoms with Crippen LogP contribution in [0.1, 0.15) is 48.5 Å². The molecule has 0 unspecified atom stereocenters. The zero-order chi connectivity index (χ0) is 15.4. The van der Waals surface area contributed by atoms with Gasteiger partial charge in [0, 0.05) is 5.57 Å². The Labute approximate surface area is 111 Å². The van der Waals surface area contributed by atoms with Crippen molar-refractivity contribution in [3.8, 4) is 0 Å². The van der Waals surface area contributed by atoms with E-state index >= 15 is 0 Å². The van der Waals surface area contributed by atoms with Gasteiger partial charge in [-0.25, -0.2) is 0 Å². The zero-order valence-corrected chi connectivity index (χ0v) is 12.7. The van der Waals surface area contributed by atoms with E-state index in [1.165, 1.54) is 12.2 Å². The van der Waals surface area contributed by atoms with Crippen LogP contribution in [0.25, 0.3) is 0 Å². The van der Waals surface area contributed by atoms with Crippen molar-refractivity contribution in [2.45, 2.75) is 60.0 Å². The predicted octanol–water partition coefficient (Wildman–Crippen LogP) is 5.13. The van der Waals surface area contributed by atoms with Gasteiger partial charge in [-0.15, -0.1) is 0 Å². The first-order valence-corrected chi connectivity index (χ1v) is 6.33. The topological polar surface area (TPSA) is 20.2 Å². The molecule has 0 saturated heterocycles. The highest BCUT2D eigenvalue weighted by Crippen LogP contribution is 2.35. The standard InChI is InChI=1S/C11H16F2O.2C2H6/c1-5-7-8-9(6-2)11(12,13)10(3,4)14;2*1-2/h5-8,14H,2H2,1,3-4H3;2*1-2H3/b7-5-,9-8+;;. The molecule has 0 amide bonds. The summed E-state index contributed by atoms with van der Waals surface area (Å²) in [6.07, 6.45) is 5.41. The molecule has 1 N–H and O–H groups in total. The third-order valence-corrected chi connectivity index (χ3v) is 1.82. The lowest BCUT2D eigenvalue weighted by Crippen LogP contribution is -2.43. The zero-order valence-electron chi connectivity index (χ0n) is 12.7. The maximum atomic E-state index is 13.5. The fraction of sp³-hybridized carbons (Fsp3) is 0.600. The normalized spacial score (nSPS) is 12.2. The molecular formula is C15H28F2O. The number of hydrogen-bond acceptors (Lipinski definition) is 1. The molecule has 3 heteroatoms. The van der Waals surface area contributed by atoms with E-state index < -0.39 is 11.5 Å². The molecule has 0 saturated carbocycles. The summed E-state index contributed by atoms with van der Waals surface area (Å²) >= 11 is 0. The lowest BCUT2D eigenvalue weighted by molar-refractivity contribution is -0.132. The second kappa shape index (κ2) is 11.1. The molecule has 0 heterocycles. The molecular weight excluding hydrogens is 234 g/mol. The number of rotatable bonds is 4. The Morgan fingerprint density at radius 1 is 1.11 bits per heavy atom. The molecule has 0 spiro atoms. The molecule has 0 aromatic heterocycles. The summed E-state index contributed by atoms with van der Waals surface area (Å²) in [4.78, 5) is 0. The minimum absolute atomic E-state index is 0.289. The van der Waals surface area contributed by atoms with Crippen molar-refractivity contribution in [1.29, 1.82) is 0 Å². The second-order valence-electron chi connectivity index (χ2n) is 3.49. The Hall–Kier alpha value is -0.960. The molecule has 0 aliphatic carbocycles. The van der Waals surface area contributed by atoms with Crippen LogP contribution in [-0.4, -0.2) is 16.6 Å². The van der Waals surface area contributed by atoms with Crippen molar-refractivity contribution < 1.29 is 13.9 Å². The minimum Gasteiger partial charge on any atom is -0.384 e. The van der Waals surface area contributed by atoms with Crippen LogP contribution in [0.2, 0.25) is 0 Å². The van der Waals surface area contributed by atoms with Gasteiger partial charge in [0.2, 0.25) is 0 Å². The van der Waals surface area contributed by atoms with Crippen LogP contribution in [0.4, 0.5) is 8.78 Å². The first-order chi connectivity index (χ1) is 8.27. The van der Waals surface area contributed by atoms with Crippen LogP contribution < -0.4 is 0 Å². The average Bonchev–Trinajstić information content (AvgIpc) is 2.33. The number of aliphatic hydroxyl groups is 1. The molecule has 0 bridgehead atoms. The van der Waals surface area contributed by atoms with E-state index in [-0.39, 0.29) is 5.57 Å². The van der Waals surface area contributed by atoms with Crippen LogP contribution in [-0.2, 0) is 0 Å². The summed E-state index contributed by atoms with van der Waals surface area (Å²) < 4.78 is 27.0. The van der Waals surface area contributed by atoms with Crippen LogP contribution in [0.3, 0.4) is 0 Å². The maximum absolute atomic E-state index is 13.5. The summed E-state index contributed by atoms with van der Waals surface area (Å²) in [6, 6.07) is 0. The number of hydrogen-bond donors (Lipinski definition) is 1. The molecule has 18 heavy (non-hydrogen) atoms. The van der Waals surface area contributed by atoms with Gasteiger partial charge in [-0.05, 0) is 20.8 Å². The van der Waals surface area contributed by atoms with Crippen LogP contribution in [0, 0.1) is 0 Å². The van der Waals surface area contributed by atoms with Gasteiger partial charge in [-0.1, -0.05) is 58.6 Å². The molecule has 108 valence electrons. The second-order valence-corrected chi connectivity index (χ2v) is 3.49. The van der Waals surface area contributed by atoms with Gasteiger partial charge >= 0.3 is 5.92 Å². The summed E-state index contributed by atoms with van der Waals surface area (Å²) in [7, 11) is 0. The van der Waals surface area contributed by atoms with Crippen LogP contribution >= 0.6 is 0 Å². The first kappa shape index (κ1) is 22.2. The Morgan fingerprint density at radius 2 is 1.50 bits per heavy atom. The lowest BCUT2D eigenvalue weighted by Gasteiger charge is -2.29. The monoisotopic (exact) mass is 262 g/mol. The Balaban J connectivity index is -0.000000506. The predicted molar refractivity (Wildman–Crippen MR) is 77.0 cm³/mol. The Morgan fingerprint density at radius 3 is 1.72 bits per heavy atom. The fourth-order valence-corrected chi connectivity index (χ4v) is 0.854. The molecule has 1 nitrogen and oxygen atoms in total. The third-order valence-electron chi connectivity index (χ3n) is 1.82. The largest absolute Gasteiger partial charge is 0.384 e. The smallest absolute Gasteiger partial charge is 0.300 e. The van der Waals surface area contributed by atoms with Crippen molar-refractivity contribution in [3.05, 3.63) is 36.5 Å². The SMILES string of the molecule is C=C/C(=C\C=C/C)C(F)(F)C(C)(C)O.CC.CC. The van der Waals surface area contributed by atoms with Crippen molar-refractivity contribution in [2.24, 2.45) is 0 Å². The highest BCUT2D eigenvalue weighted by Gasteiger charge is 2.47. The summed E-state index contributed by atoms with van der Waals surface area (Å²) in [5, 5.41) is 9.28.